The molecule has 0 aromatic heterocycles. The zero-order valence-electron chi connectivity index (χ0n) is 15.7. The molecule has 1 aliphatic rings. The fourth-order valence-electron chi connectivity index (χ4n) is 3.31. The van der Waals surface area contributed by atoms with Crippen molar-refractivity contribution in [2.45, 2.75) is 24.7 Å². The molecular weight excluding hydrogens is 418 g/mol. The smallest absolute Gasteiger partial charge is 0.274 e. The van der Waals surface area contributed by atoms with Gasteiger partial charge in [0.1, 0.15) is 0 Å². The number of nitro benzene ring substituents is 1. The van der Waals surface area contributed by atoms with Crippen molar-refractivity contribution < 1.29 is 18.1 Å². The van der Waals surface area contributed by atoms with E-state index in [2.05, 4.69) is 5.32 Å². The van der Waals surface area contributed by atoms with Crippen LogP contribution >= 0.6 is 11.6 Å². The van der Waals surface area contributed by atoms with Crippen molar-refractivity contribution in [3.8, 4) is 0 Å². The Hall–Kier alpha value is -2.49. The molecule has 1 fully saturated rings. The number of carbonyl (C=O) groups excluding carboxylic acids is 1. The Balaban J connectivity index is 1.65. The normalized spacial score (nSPS) is 15.8. The number of benzene rings is 2. The summed E-state index contributed by atoms with van der Waals surface area (Å²) in [6.45, 7) is 2.02. The number of hydrogen-bond acceptors (Lipinski definition) is 5. The molecule has 0 saturated carbocycles. The maximum absolute atomic E-state index is 12.7. The van der Waals surface area contributed by atoms with Crippen molar-refractivity contribution in [3.05, 3.63) is 63.2 Å². The molecular formula is C19H20ClN3O5S. The Morgan fingerprint density at radius 3 is 2.38 bits per heavy atom. The first-order valence-corrected chi connectivity index (χ1v) is 10.8. The van der Waals surface area contributed by atoms with Crippen LogP contribution in [0.25, 0.3) is 0 Å². The number of amides is 1. The van der Waals surface area contributed by atoms with Gasteiger partial charge >= 0.3 is 0 Å². The predicted molar refractivity (Wildman–Crippen MR) is 109 cm³/mol. The molecule has 1 heterocycles. The highest BCUT2D eigenvalue weighted by Crippen LogP contribution is 2.28. The Morgan fingerprint density at radius 2 is 1.79 bits per heavy atom. The van der Waals surface area contributed by atoms with Crippen LogP contribution < -0.4 is 5.32 Å². The number of rotatable bonds is 5. The number of hydrogen-bond donors (Lipinski definition) is 1. The van der Waals surface area contributed by atoms with Crippen LogP contribution in [0.15, 0.2) is 47.4 Å². The topological polar surface area (TPSA) is 110 Å². The third-order valence-electron chi connectivity index (χ3n) is 5.04. The van der Waals surface area contributed by atoms with Crippen LogP contribution in [-0.2, 0) is 14.8 Å². The van der Waals surface area contributed by atoms with E-state index in [0.29, 0.717) is 29.1 Å². The van der Waals surface area contributed by atoms with Crippen molar-refractivity contribution in [1.29, 1.82) is 0 Å². The lowest BCUT2D eigenvalue weighted by atomic mass is 9.97. The van der Waals surface area contributed by atoms with Gasteiger partial charge < -0.3 is 5.32 Å². The van der Waals surface area contributed by atoms with E-state index in [-0.39, 0.29) is 35.5 Å². The summed E-state index contributed by atoms with van der Waals surface area (Å²) in [5.74, 6) is -0.637. The molecule has 2 aromatic carbocycles. The van der Waals surface area contributed by atoms with Gasteiger partial charge in [-0.1, -0.05) is 17.7 Å². The van der Waals surface area contributed by atoms with Crippen LogP contribution in [0, 0.1) is 23.0 Å². The third-order valence-corrected chi connectivity index (χ3v) is 7.20. The fourth-order valence-corrected chi connectivity index (χ4v) is 4.90. The number of piperidine rings is 1. The van der Waals surface area contributed by atoms with Gasteiger partial charge in [0.15, 0.2) is 0 Å². The van der Waals surface area contributed by atoms with Crippen LogP contribution in [0.3, 0.4) is 0 Å². The molecule has 1 aliphatic heterocycles. The maximum atomic E-state index is 12.7. The summed E-state index contributed by atoms with van der Waals surface area (Å²) in [4.78, 5) is 23.3. The SMILES string of the molecule is Cc1c(NC(=O)C2CCN(S(=O)(=O)c3ccc(Cl)cc3)CC2)cccc1[N+](=O)[O-]. The molecule has 29 heavy (non-hydrogen) atoms. The largest absolute Gasteiger partial charge is 0.325 e. The molecule has 2 aromatic rings. The number of nitrogens with zero attached hydrogens (tertiary/aromatic N) is 2. The first kappa shape index (κ1) is 21.2. The minimum Gasteiger partial charge on any atom is -0.325 e. The second-order valence-corrected chi connectivity index (χ2v) is 9.20. The number of nitrogens with one attached hydrogen (secondary N) is 1. The number of anilines is 1. The lowest BCUT2D eigenvalue weighted by molar-refractivity contribution is -0.385. The molecule has 8 nitrogen and oxygen atoms in total. The van der Waals surface area contributed by atoms with E-state index in [9.17, 15) is 23.3 Å². The Morgan fingerprint density at radius 1 is 1.17 bits per heavy atom. The monoisotopic (exact) mass is 437 g/mol. The first-order valence-electron chi connectivity index (χ1n) is 9.00. The molecule has 1 N–H and O–H groups in total. The molecule has 0 unspecified atom stereocenters. The number of halogens is 1. The second kappa shape index (κ2) is 8.48. The van der Waals surface area contributed by atoms with E-state index in [1.807, 2.05) is 0 Å². The molecule has 0 spiro atoms. The van der Waals surface area contributed by atoms with Crippen LogP contribution in [-0.4, -0.2) is 36.6 Å². The van der Waals surface area contributed by atoms with Crippen molar-refractivity contribution in [1.82, 2.24) is 4.31 Å². The zero-order valence-corrected chi connectivity index (χ0v) is 17.2. The lowest BCUT2D eigenvalue weighted by Crippen LogP contribution is -2.41. The number of sulfonamides is 1. The molecule has 0 aliphatic carbocycles. The number of nitro groups is 1. The van der Waals surface area contributed by atoms with Crippen molar-refractivity contribution in [2.75, 3.05) is 18.4 Å². The van der Waals surface area contributed by atoms with Crippen LogP contribution in [0.1, 0.15) is 18.4 Å². The highest BCUT2D eigenvalue weighted by Gasteiger charge is 2.32. The van der Waals surface area contributed by atoms with Gasteiger partial charge in [0.05, 0.1) is 21.1 Å². The van der Waals surface area contributed by atoms with E-state index in [0.717, 1.165) is 0 Å². The number of carbonyl (C=O) groups is 1. The summed E-state index contributed by atoms with van der Waals surface area (Å²) in [6.07, 6.45) is 0.735. The average molecular weight is 438 g/mol. The quantitative estimate of drug-likeness (QED) is 0.567. The minimum absolute atomic E-state index is 0.0633. The van der Waals surface area contributed by atoms with Crippen molar-refractivity contribution in [3.63, 3.8) is 0 Å². The Labute approximate surface area is 173 Å². The summed E-state index contributed by atoms with van der Waals surface area (Å²) >= 11 is 5.82. The standard InChI is InChI=1S/C19H20ClN3O5S/c1-13-17(3-2-4-18(13)23(25)26)21-19(24)14-9-11-22(12-10-14)29(27,28)16-7-5-15(20)6-8-16/h2-8,14H,9-12H2,1H3,(H,21,24). The molecule has 0 atom stereocenters. The van der Waals surface area contributed by atoms with E-state index in [4.69, 9.17) is 11.6 Å². The average Bonchev–Trinajstić information content (AvgIpc) is 2.69. The van der Waals surface area contributed by atoms with Crippen LogP contribution in [0.5, 0.6) is 0 Å². The maximum Gasteiger partial charge on any atom is 0.274 e. The van der Waals surface area contributed by atoms with Gasteiger partial charge in [0.25, 0.3) is 5.69 Å². The van der Waals surface area contributed by atoms with E-state index < -0.39 is 14.9 Å². The van der Waals surface area contributed by atoms with E-state index in [1.165, 1.54) is 40.7 Å². The molecule has 10 heteroatoms. The molecule has 0 bridgehead atoms. The Bertz CT molecular complexity index is 1030. The van der Waals surface area contributed by atoms with Gasteiger partial charge in [-0.25, -0.2) is 8.42 Å². The highest BCUT2D eigenvalue weighted by atomic mass is 35.5. The summed E-state index contributed by atoms with van der Waals surface area (Å²) in [5.41, 5.74) is 0.709. The van der Waals surface area contributed by atoms with E-state index in [1.54, 1.807) is 13.0 Å². The van der Waals surface area contributed by atoms with Gasteiger partial charge in [0.2, 0.25) is 15.9 Å². The predicted octanol–water partition coefficient (Wildman–Crippen LogP) is 3.60. The van der Waals surface area contributed by atoms with Crippen LogP contribution in [0.2, 0.25) is 5.02 Å². The minimum atomic E-state index is -3.64. The fraction of sp³-hybridized carbons (Fsp3) is 0.316. The third kappa shape index (κ3) is 4.58. The van der Waals surface area contributed by atoms with Gasteiger partial charge in [-0.2, -0.15) is 4.31 Å². The highest BCUT2D eigenvalue weighted by molar-refractivity contribution is 7.89. The zero-order chi connectivity index (χ0) is 21.2. The second-order valence-electron chi connectivity index (χ2n) is 6.83. The molecule has 0 radical (unpaired) electrons. The van der Waals surface area contributed by atoms with Crippen LogP contribution in [0.4, 0.5) is 11.4 Å². The summed E-state index contributed by atoms with van der Waals surface area (Å²) < 4.78 is 26.8. The summed E-state index contributed by atoms with van der Waals surface area (Å²) in [7, 11) is -3.64. The first-order chi connectivity index (χ1) is 13.7. The lowest BCUT2D eigenvalue weighted by Gasteiger charge is -2.30. The molecule has 1 saturated heterocycles. The van der Waals surface area contributed by atoms with Gasteiger partial charge in [-0.3, -0.25) is 14.9 Å². The summed E-state index contributed by atoms with van der Waals surface area (Å²) in [5, 5.41) is 14.2. The van der Waals surface area contributed by atoms with Crippen molar-refractivity contribution in [2.24, 2.45) is 5.92 Å². The van der Waals surface area contributed by atoms with Gasteiger partial charge in [-0.15, -0.1) is 0 Å². The summed E-state index contributed by atoms with van der Waals surface area (Å²) in [6, 6.07) is 10.5. The van der Waals surface area contributed by atoms with E-state index >= 15 is 0 Å². The van der Waals surface area contributed by atoms with Gasteiger partial charge in [-0.05, 0) is 50.1 Å². The van der Waals surface area contributed by atoms with Crippen molar-refractivity contribution >= 4 is 38.9 Å². The molecule has 154 valence electrons. The van der Waals surface area contributed by atoms with Gasteiger partial charge in [0, 0.05) is 30.1 Å². The molecule has 1 amide bonds. The molecule has 3 rings (SSSR count). The Kier molecular flexibility index (Phi) is 6.21.